The third kappa shape index (κ3) is 5.72. The van der Waals surface area contributed by atoms with Crippen molar-refractivity contribution in [3.63, 3.8) is 0 Å². The largest absolute Gasteiger partial charge is 0.351 e. The second-order valence-corrected chi connectivity index (χ2v) is 10.4. The van der Waals surface area contributed by atoms with Crippen molar-refractivity contribution < 1.29 is 9.59 Å². The predicted molar refractivity (Wildman–Crippen MR) is 137 cm³/mol. The van der Waals surface area contributed by atoms with Gasteiger partial charge in [-0.15, -0.1) is 11.3 Å². The Bertz CT molecular complexity index is 1200. The number of nitrogens with zero attached hydrogens (tertiary/aromatic N) is 2. The molecule has 0 spiro atoms. The minimum atomic E-state index is -0.382. The Hall–Kier alpha value is -3.01. The average molecular weight is 492 g/mol. The number of anilines is 1. The van der Waals surface area contributed by atoms with Crippen molar-refractivity contribution in [1.82, 2.24) is 20.6 Å². The van der Waals surface area contributed by atoms with Crippen LogP contribution in [0.4, 0.5) is 10.7 Å². The van der Waals surface area contributed by atoms with Crippen LogP contribution < -0.4 is 16.0 Å². The van der Waals surface area contributed by atoms with Crippen LogP contribution in [0.2, 0.25) is 0 Å². The first-order valence-electron chi connectivity index (χ1n) is 11.3. The fourth-order valence-electron chi connectivity index (χ4n) is 4.24. The molecule has 2 amide bonds. The molecule has 0 unspecified atom stereocenters. The van der Waals surface area contributed by atoms with Crippen molar-refractivity contribution in [3.8, 4) is 10.4 Å². The van der Waals surface area contributed by atoms with E-state index in [1.165, 1.54) is 16.0 Å². The number of amides is 2. The second-order valence-electron chi connectivity index (χ2n) is 8.41. The molecule has 0 atom stereocenters. The molecule has 2 fully saturated rings. The molecular weight excluding hydrogens is 466 g/mol. The number of nitrogens with one attached hydrogen (secondary N) is 3. The monoisotopic (exact) mass is 491 g/mol. The lowest BCUT2D eigenvalue weighted by Gasteiger charge is -2.30. The van der Waals surface area contributed by atoms with Gasteiger partial charge in [-0.2, -0.15) is 0 Å². The van der Waals surface area contributed by atoms with Crippen LogP contribution >= 0.6 is 23.1 Å². The van der Waals surface area contributed by atoms with Crippen molar-refractivity contribution in [2.75, 3.05) is 5.32 Å². The fraction of sp³-hybridized carbons (Fsp3) is 0.280. The number of rotatable bonds is 7. The minimum absolute atomic E-state index is 0.314. The normalized spacial score (nSPS) is 21.6. The third-order valence-electron chi connectivity index (χ3n) is 5.99. The Balaban J connectivity index is 1.11. The van der Waals surface area contributed by atoms with Gasteiger partial charge in [-0.05, 0) is 78.2 Å². The molecule has 3 aromatic rings. The third-order valence-corrected chi connectivity index (χ3v) is 7.72. The Kier molecular flexibility index (Phi) is 7.03. The number of aromatic nitrogens is 2. The van der Waals surface area contributed by atoms with Crippen molar-refractivity contribution in [1.29, 1.82) is 0 Å². The Labute approximate surface area is 206 Å². The number of hydrogen-bond donors (Lipinski definition) is 3. The van der Waals surface area contributed by atoms with Crippen molar-refractivity contribution >= 4 is 46.3 Å². The lowest BCUT2D eigenvalue weighted by atomic mass is 9.91. The van der Waals surface area contributed by atoms with Crippen molar-refractivity contribution in [3.05, 3.63) is 70.2 Å². The fourth-order valence-corrected chi connectivity index (χ4v) is 5.63. The molecule has 3 heterocycles. The van der Waals surface area contributed by atoms with E-state index in [4.69, 9.17) is 0 Å². The number of imide groups is 1. The van der Waals surface area contributed by atoms with Gasteiger partial charge < -0.3 is 10.6 Å². The van der Waals surface area contributed by atoms with Gasteiger partial charge in [0, 0.05) is 29.7 Å². The van der Waals surface area contributed by atoms with Gasteiger partial charge in [0.25, 0.3) is 11.1 Å². The van der Waals surface area contributed by atoms with Gasteiger partial charge in [-0.25, -0.2) is 9.97 Å². The SMILES string of the molecule is O=C1NC(=O)C(=Cc2ccnc(NC3CCC(NCc4cccc(-c5cccs5)c4)CC3)n2)S1. The maximum Gasteiger partial charge on any atom is 0.290 e. The summed E-state index contributed by atoms with van der Waals surface area (Å²) in [5.74, 6) is 0.165. The number of hydrogen-bond acceptors (Lipinski definition) is 8. The van der Waals surface area contributed by atoms with Crippen LogP contribution in [0.5, 0.6) is 0 Å². The van der Waals surface area contributed by atoms with Crippen LogP contribution in [-0.2, 0) is 11.3 Å². The number of carbonyl (C=O) groups is 2. The van der Waals surface area contributed by atoms with E-state index >= 15 is 0 Å². The molecule has 7 nitrogen and oxygen atoms in total. The summed E-state index contributed by atoms with van der Waals surface area (Å²) in [4.78, 5) is 33.6. The summed E-state index contributed by atoms with van der Waals surface area (Å²) in [5.41, 5.74) is 3.19. The summed E-state index contributed by atoms with van der Waals surface area (Å²) in [6, 6.07) is 15.5. The van der Waals surface area contributed by atoms with Crippen molar-refractivity contribution in [2.24, 2.45) is 0 Å². The first kappa shape index (κ1) is 22.8. The van der Waals surface area contributed by atoms with Crippen LogP contribution in [-0.4, -0.2) is 33.2 Å². The Morgan fingerprint density at radius 3 is 2.68 bits per heavy atom. The molecule has 0 radical (unpaired) electrons. The maximum absolute atomic E-state index is 11.8. The molecule has 1 saturated heterocycles. The number of benzene rings is 1. The maximum atomic E-state index is 11.8. The smallest absolute Gasteiger partial charge is 0.290 e. The highest BCUT2D eigenvalue weighted by Gasteiger charge is 2.25. The first-order chi connectivity index (χ1) is 16.6. The van der Waals surface area contributed by atoms with Gasteiger partial charge in [-0.3, -0.25) is 14.9 Å². The standard InChI is InChI=1S/C25H25N5O2S2/c31-23-22(34-25(32)30-23)14-20-10-11-26-24(29-20)28-19-8-6-18(7-9-19)27-15-16-3-1-4-17(13-16)21-5-2-12-33-21/h1-5,10-14,18-19,27H,6-9,15H2,(H,26,28,29)(H,30,31,32). The molecule has 0 bridgehead atoms. The van der Waals surface area contributed by atoms with Gasteiger partial charge >= 0.3 is 0 Å². The highest BCUT2D eigenvalue weighted by Crippen LogP contribution is 2.27. The first-order valence-corrected chi connectivity index (χ1v) is 13.0. The predicted octanol–water partition coefficient (Wildman–Crippen LogP) is 5.04. The van der Waals surface area contributed by atoms with Crippen LogP contribution in [0.25, 0.3) is 16.5 Å². The van der Waals surface area contributed by atoms with Crippen LogP contribution in [0.3, 0.4) is 0 Å². The zero-order valence-electron chi connectivity index (χ0n) is 18.5. The van der Waals surface area contributed by atoms with E-state index in [1.54, 1.807) is 29.7 Å². The van der Waals surface area contributed by atoms with Crippen LogP contribution in [0, 0.1) is 0 Å². The van der Waals surface area contributed by atoms with E-state index in [0.717, 1.165) is 44.0 Å². The Morgan fingerprint density at radius 1 is 1.06 bits per heavy atom. The molecule has 2 aliphatic rings. The summed E-state index contributed by atoms with van der Waals surface area (Å²) >= 11 is 2.65. The Morgan fingerprint density at radius 2 is 1.91 bits per heavy atom. The van der Waals surface area contributed by atoms with E-state index in [0.29, 0.717) is 28.6 Å². The minimum Gasteiger partial charge on any atom is -0.351 e. The summed E-state index contributed by atoms with van der Waals surface area (Å²) in [6.07, 6.45) is 7.53. The van der Waals surface area contributed by atoms with Gasteiger partial charge in [0.1, 0.15) is 0 Å². The molecule has 174 valence electrons. The van der Waals surface area contributed by atoms with E-state index in [9.17, 15) is 9.59 Å². The van der Waals surface area contributed by atoms with Gasteiger partial charge in [-0.1, -0.05) is 24.3 Å². The molecule has 1 saturated carbocycles. The number of thiophene rings is 1. The average Bonchev–Trinajstić information content (AvgIpc) is 3.49. The molecule has 1 aromatic carbocycles. The van der Waals surface area contributed by atoms with E-state index in [2.05, 4.69) is 67.7 Å². The zero-order valence-corrected chi connectivity index (χ0v) is 20.1. The van der Waals surface area contributed by atoms with Crippen LogP contribution in [0.1, 0.15) is 36.9 Å². The molecule has 9 heteroatoms. The number of thioether (sulfide) groups is 1. The molecule has 34 heavy (non-hydrogen) atoms. The molecule has 1 aliphatic heterocycles. The highest BCUT2D eigenvalue weighted by atomic mass is 32.2. The van der Waals surface area contributed by atoms with Gasteiger partial charge in [0.15, 0.2) is 0 Å². The number of carbonyl (C=O) groups excluding carboxylic acids is 2. The van der Waals surface area contributed by atoms with Gasteiger partial charge in [0.2, 0.25) is 5.95 Å². The zero-order chi connectivity index (χ0) is 23.3. The van der Waals surface area contributed by atoms with E-state index < -0.39 is 0 Å². The molecular formula is C25H25N5O2S2. The summed E-state index contributed by atoms with van der Waals surface area (Å²) in [5, 5.41) is 11.2. The molecule has 5 rings (SSSR count). The highest BCUT2D eigenvalue weighted by molar-refractivity contribution is 8.18. The second kappa shape index (κ2) is 10.5. The lowest BCUT2D eigenvalue weighted by molar-refractivity contribution is -0.115. The van der Waals surface area contributed by atoms with Gasteiger partial charge in [0.05, 0.1) is 10.6 Å². The molecule has 2 aromatic heterocycles. The van der Waals surface area contributed by atoms with Crippen LogP contribution in [0.15, 0.2) is 58.9 Å². The van der Waals surface area contributed by atoms with E-state index in [-0.39, 0.29) is 11.1 Å². The topological polar surface area (TPSA) is 96.0 Å². The summed E-state index contributed by atoms with van der Waals surface area (Å²) in [6.45, 7) is 0.871. The summed E-state index contributed by atoms with van der Waals surface area (Å²) in [7, 11) is 0. The molecule has 1 aliphatic carbocycles. The quantitative estimate of drug-likeness (QED) is 0.398. The molecule has 3 N–H and O–H groups in total. The summed E-state index contributed by atoms with van der Waals surface area (Å²) < 4.78 is 0. The van der Waals surface area contributed by atoms with E-state index in [1.807, 2.05) is 0 Å². The lowest BCUT2D eigenvalue weighted by Crippen LogP contribution is -2.36. The van der Waals surface area contributed by atoms with Crippen molar-refractivity contribution in [2.45, 2.75) is 44.3 Å².